The molecule has 0 aromatic heterocycles. The third kappa shape index (κ3) is 2.87. The van der Waals surface area contributed by atoms with E-state index < -0.39 is 29.0 Å². The summed E-state index contributed by atoms with van der Waals surface area (Å²) in [5.41, 5.74) is -0.277. The van der Waals surface area contributed by atoms with Crippen molar-refractivity contribution in [2.45, 2.75) is 20.3 Å². The van der Waals surface area contributed by atoms with Gasteiger partial charge < -0.3 is 4.74 Å². The lowest BCUT2D eigenvalue weighted by atomic mass is 10.0. The van der Waals surface area contributed by atoms with Crippen molar-refractivity contribution in [3.63, 3.8) is 0 Å². The van der Waals surface area contributed by atoms with Crippen LogP contribution >= 0.6 is 0 Å². The number of hydrogen-bond donors (Lipinski definition) is 0. The summed E-state index contributed by atoms with van der Waals surface area (Å²) in [5, 5.41) is 0. The smallest absolute Gasteiger partial charge is 0.379 e. The van der Waals surface area contributed by atoms with Crippen LogP contribution in [0.4, 0.5) is 8.78 Å². The molecule has 1 aromatic rings. The van der Waals surface area contributed by atoms with E-state index in [1.807, 2.05) is 0 Å². The lowest BCUT2D eigenvalue weighted by Crippen LogP contribution is -2.19. The van der Waals surface area contributed by atoms with Gasteiger partial charge in [0, 0.05) is 6.07 Å². The summed E-state index contributed by atoms with van der Waals surface area (Å²) in [6, 6.07) is 1.65. The van der Waals surface area contributed by atoms with E-state index in [4.69, 9.17) is 0 Å². The van der Waals surface area contributed by atoms with Gasteiger partial charge in [0.05, 0.1) is 12.2 Å². The summed E-state index contributed by atoms with van der Waals surface area (Å²) in [6.45, 7) is 3.21. The third-order valence-corrected chi connectivity index (χ3v) is 2.22. The number of Topliss-reactive ketones (excluding diaryl/α,β-unsaturated/α-hetero) is 1. The predicted octanol–water partition coefficient (Wildman–Crippen LogP) is 2.27. The Morgan fingerprint density at radius 3 is 2.35 bits per heavy atom. The number of hydrogen-bond acceptors (Lipinski definition) is 3. The molecule has 0 atom stereocenters. The van der Waals surface area contributed by atoms with E-state index >= 15 is 0 Å². The lowest BCUT2D eigenvalue weighted by Gasteiger charge is -2.05. The fourth-order valence-electron chi connectivity index (χ4n) is 1.35. The van der Waals surface area contributed by atoms with E-state index in [9.17, 15) is 18.4 Å². The molecular formula is C12H12F2O3. The van der Waals surface area contributed by atoms with Gasteiger partial charge in [-0.15, -0.1) is 0 Å². The molecule has 0 N–H and O–H groups in total. The summed E-state index contributed by atoms with van der Waals surface area (Å²) < 4.78 is 31.0. The van der Waals surface area contributed by atoms with Gasteiger partial charge in [0.15, 0.2) is 0 Å². The minimum Gasteiger partial charge on any atom is -0.460 e. The minimum atomic E-state index is -1.14. The van der Waals surface area contributed by atoms with Gasteiger partial charge in [-0.3, -0.25) is 4.79 Å². The highest BCUT2D eigenvalue weighted by Gasteiger charge is 2.22. The van der Waals surface area contributed by atoms with Crippen molar-refractivity contribution in [1.82, 2.24) is 0 Å². The van der Waals surface area contributed by atoms with Crippen LogP contribution in [-0.2, 0) is 16.0 Å². The molecule has 92 valence electrons. The van der Waals surface area contributed by atoms with Crippen LogP contribution in [0.25, 0.3) is 0 Å². The van der Waals surface area contributed by atoms with Gasteiger partial charge in [-0.2, -0.15) is 0 Å². The number of rotatable bonds is 4. The number of halogens is 2. The van der Waals surface area contributed by atoms with E-state index in [2.05, 4.69) is 4.74 Å². The number of ketones is 1. The molecule has 0 radical (unpaired) electrons. The Balaban J connectivity index is 3.13. The number of carbonyl (C=O) groups excluding carboxylic acids is 2. The first-order valence-corrected chi connectivity index (χ1v) is 5.20. The van der Waals surface area contributed by atoms with Crippen molar-refractivity contribution >= 4 is 11.8 Å². The van der Waals surface area contributed by atoms with Crippen LogP contribution in [-0.4, -0.2) is 18.4 Å². The summed E-state index contributed by atoms with van der Waals surface area (Å²) in [7, 11) is 0. The molecule has 0 fully saturated rings. The monoisotopic (exact) mass is 242 g/mol. The highest BCUT2D eigenvalue weighted by atomic mass is 19.1. The topological polar surface area (TPSA) is 43.4 Å². The largest absolute Gasteiger partial charge is 0.460 e. The minimum absolute atomic E-state index is 0.0218. The first-order valence-electron chi connectivity index (χ1n) is 5.20. The molecule has 5 heteroatoms. The standard InChI is InChI=1S/C12H12F2O3/c1-3-7-5-8(10(14)6-9(7)13)11(15)12(16)17-4-2/h5-6H,3-4H2,1-2H3. The second kappa shape index (κ2) is 5.52. The quantitative estimate of drug-likeness (QED) is 0.462. The molecule has 0 spiro atoms. The van der Waals surface area contributed by atoms with Crippen molar-refractivity contribution in [2.24, 2.45) is 0 Å². The van der Waals surface area contributed by atoms with Crippen LogP contribution < -0.4 is 0 Å². The lowest BCUT2D eigenvalue weighted by molar-refractivity contribution is -0.137. The van der Waals surface area contributed by atoms with Crippen LogP contribution in [0.3, 0.4) is 0 Å². The molecule has 0 aliphatic carbocycles. The fraction of sp³-hybridized carbons (Fsp3) is 0.333. The molecule has 0 unspecified atom stereocenters. The molecule has 0 amide bonds. The van der Waals surface area contributed by atoms with Crippen LogP contribution in [0.2, 0.25) is 0 Å². The molecule has 0 saturated carbocycles. The van der Waals surface area contributed by atoms with Gasteiger partial charge in [-0.1, -0.05) is 6.92 Å². The van der Waals surface area contributed by atoms with Crippen molar-refractivity contribution in [1.29, 1.82) is 0 Å². The van der Waals surface area contributed by atoms with E-state index in [0.717, 1.165) is 6.07 Å². The molecule has 0 aliphatic rings. The SMILES string of the molecule is CCOC(=O)C(=O)c1cc(CC)c(F)cc1F. The normalized spacial score (nSPS) is 10.1. The molecule has 3 nitrogen and oxygen atoms in total. The molecule has 1 rings (SSSR count). The Bertz CT molecular complexity index is 455. The van der Waals surface area contributed by atoms with Gasteiger partial charge in [0.25, 0.3) is 5.78 Å². The summed E-state index contributed by atoms with van der Waals surface area (Å²) in [5.74, 6) is -4.03. The van der Waals surface area contributed by atoms with Crippen molar-refractivity contribution < 1.29 is 23.1 Å². The van der Waals surface area contributed by atoms with Gasteiger partial charge in [0.1, 0.15) is 11.6 Å². The van der Waals surface area contributed by atoms with Crippen molar-refractivity contribution in [3.8, 4) is 0 Å². The van der Waals surface area contributed by atoms with Crippen molar-refractivity contribution in [3.05, 3.63) is 34.9 Å². The Labute approximate surface area is 97.4 Å². The average molecular weight is 242 g/mol. The molecule has 1 aromatic carbocycles. The fourth-order valence-corrected chi connectivity index (χ4v) is 1.35. The van der Waals surface area contributed by atoms with E-state index in [1.165, 1.54) is 6.92 Å². The van der Waals surface area contributed by atoms with Crippen LogP contribution in [0.5, 0.6) is 0 Å². The zero-order valence-corrected chi connectivity index (χ0v) is 9.55. The van der Waals surface area contributed by atoms with Gasteiger partial charge >= 0.3 is 5.97 Å². The molecule has 0 saturated heterocycles. The van der Waals surface area contributed by atoms with Gasteiger partial charge in [-0.25, -0.2) is 13.6 Å². The maximum Gasteiger partial charge on any atom is 0.379 e. The number of ether oxygens (including phenoxy) is 1. The van der Waals surface area contributed by atoms with Crippen LogP contribution in [0, 0.1) is 11.6 Å². The summed E-state index contributed by atoms with van der Waals surface area (Å²) >= 11 is 0. The van der Waals surface area contributed by atoms with Gasteiger partial charge in [0.2, 0.25) is 0 Å². The number of carbonyl (C=O) groups is 2. The second-order valence-electron chi connectivity index (χ2n) is 3.33. The molecule has 0 aliphatic heterocycles. The first kappa shape index (κ1) is 13.3. The summed E-state index contributed by atoms with van der Waals surface area (Å²) in [6.07, 6.45) is 0.301. The zero-order valence-electron chi connectivity index (χ0n) is 9.55. The Morgan fingerprint density at radius 2 is 1.82 bits per heavy atom. The van der Waals surface area contributed by atoms with E-state index in [1.54, 1.807) is 6.92 Å². The van der Waals surface area contributed by atoms with Crippen molar-refractivity contribution in [2.75, 3.05) is 6.61 Å². The van der Waals surface area contributed by atoms with Crippen LogP contribution in [0.15, 0.2) is 12.1 Å². The number of aryl methyl sites for hydroxylation is 1. The van der Waals surface area contributed by atoms with E-state index in [-0.39, 0.29) is 12.2 Å². The first-order chi connectivity index (χ1) is 8.01. The highest BCUT2D eigenvalue weighted by molar-refractivity contribution is 6.40. The number of benzene rings is 1. The molecule has 17 heavy (non-hydrogen) atoms. The Kier molecular flexibility index (Phi) is 4.31. The molecular weight excluding hydrogens is 230 g/mol. The second-order valence-corrected chi connectivity index (χ2v) is 3.33. The summed E-state index contributed by atoms with van der Waals surface area (Å²) in [4.78, 5) is 22.6. The Hall–Kier alpha value is -1.78. The Morgan fingerprint density at radius 1 is 1.18 bits per heavy atom. The number of esters is 1. The average Bonchev–Trinajstić information content (AvgIpc) is 2.29. The maximum absolute atomic E-state index is 13.3. The van der Waals surface area contributed by atoms with Crippen LogP contribution in [0.1, 0.15) is 29.8 Å². The maximum atomic E-state index is 13.3. The molecule has 0 heterocycles. The van der Waals surface area contributed by atoms with E-state index in [0.29, 0.717) is 12.5 Å². The molecule has 0 bridgehead atoms. The zero-order chi connectivity index (χ0) is 13.0. The highest BCUT2D eigenvalue weighted by Crippen LogP contribution is 2.16. The predicted molar refractivity (Wildman–Crippen MR) is 56.7 cm³/mol. The third-order valence-electron chi connectivity index (χ3n) is 2.22. The van der Waals surface area contributed by atoms with Gasteiger partial charge in [-0.05, 0) is 25.0 Å².